The van der Waals surface area contributed by atoms with Gasteiger partial charge in [0.25, 0.3) is 0 Å². The van der Waals surface area contributed by atoms with Crippen LogP contribution in [-0.2, 0) is 13.5 Å². The van der Waals surface area contributed by atoms with Crippen molar-refractivity contribution in [2.75, 3.05) is 5.73 Å². The van der Waals surface area contributed by atoms with Crippen LogP contribution in [0.25, 0.3) is 0 Å². The van der Waals surface area contributed by atoms with Crippen LogP contribution in [-0.4, -0.2) is 15.6 Å². The predicted molar refractivity (Wildman–Crippen MR) is 66.8 cm³/mol. The van der Waals surface area contributed by atoms with Gasteiger partial charge in [-0.15, -0.1) is 0 Å². The molecule has 17 heavy (non-hydrogen) atoms. The zero-order valence-corrected chi connectivity index (χ0v) is 9.97. The molecule has 4 nitrogen and oxygen atoms in total. The highest BCUT2D eigenvalue weighted by Crippen LogP contribution is 2.13. The number of benzene rings is 1. The van der Waals surface area contributed by atoms with Crippen molar-refractivity contribution in [3.8, 4) is 0 Å². The van der Waals surface area contributed by atoms with Gasteiger partial charge in [-0.1, -0.05) is 29.8 Å². The third-order valence-electron chi connectivity index (χ3n) is 2.77. The van der Waals surface area contributed by atoms with Crippen molar-refractivity contribution < 1.29 is 4.79 Å². The number of rotatable bonds is 3. The van der Waals surface area contributed by atoms with Gasteiger partial charge in [0, 0.05) is 13.5 Å². The van der Waals surface area contributed by atoms with E-state index in [1.54, 1.807) is 7.05 Å². The number of hydrogen-bond acceptors (Lipinski definition) is 3. The van der Waals surface area contributed by atoms with Crippen molar-refractivity contribution >= 4 is 11.6 Å². The molecule has 2 aromatic rings. The van der Waals surface area contributed by atoms with E-state index in [0.717, 1.165) is 5.56 Å². The zero-order valence-electron chi connectivity index (χ0n) is 9.97. The molecule has 2 rings (SSSR count). The molecule has 88 valence electrons. The number of nitrogen functional groups attached to an aromatic ring is 1. The number of nitrogens with zero attached hydrogens (tertiary/aromatic N) is 2. The monoisotopic (exact) mass is 229 g/mol. The van der Waals surface area contributed by atoms with Gasteiger partial charge in [-0.25, -0.2) is 0 Å². The van der Waals surface area contributed by atoms with Crippen LogP contribution in [0.4, 0.5) is 5.82 Å². The van der Waals surface area contributed by atoms with Gasteiger partial charge >= 0.3 is 0 Å². The maximum Gasteiger partial charge on any atom is 0.172 e. The standard InChI is InChI=1S/C13H15N3O/c1-9-3-5-10(6-4-9)7-12(17)11-8-15-16(2)13(11)14/h3-6,8H,7,14H2,1-2H3. The van der Waals surface area contributed by atoms with Gasteiger partial charge < -0.3 is 5.73 Å². The first kappa shape index (κ1) is 11.4. The average molecular weight is 229 g/mol. The average Bonchev–Trinajstić information content (AvgIpc) is 2.63. The maximum absolute atomic E-state index is 12.0. The van der Waals surface area contributed by atoms with Crippen LogP contribution >= 0.6 is 0 Å². The lowest BCUT2D eigenvalue weighted by Gasteiger charge is -2.01. The molecular formula is C13H15N3O. The van der Waals surface area contributed by atoms with E-state index in [2.05, 4.69) is 5.10 Å². The van der Waals surface area contributed by atoms with Gasteiger partial charge in [0.2, 0.25) is 0 Å². The number of anilines is 1. The van der Waals surface area contributed by atoms with E-state index in [0.29, 0.717) is 17.8 Å². The first-order valence-corrected chi connectivity index (χ1v) is 5.44. The lowest BCUT2D eigenvalue weighted by molar-refractivity contribution is 0.0994. The van der Waals surface area contributed by atoms with Crippen LogP contribution in [0.3, 0.4) is 0 Å². The number of carbonyl (C=O) groups excluding carboxylic acids is 1. The van der Waals surface area contributed by atoms with Gasteiger partial charge in [0.15, 0.2) is 5.78 Å². The third kappa shape index (κ3) is 2.36. The van der Waals surface area contributed by atoms with Crippen molar-refractivity contribution in [1.29, 1.82) is 0 Å². The number of carbonyl (C=O) groups is 1. The molecule has 0 saturated carbocycles. The molecule has 0 aliphatic carbocycles. The second-order valence-corrected chi connectivity index (χ2v) is 4.15. The molecule has 0 radical (unpaired) electrons. The SMILES string of the molecule is Cc1ccc(CC(=O)c2cnn(C)c2N)cc1. The summed E-state index contributed by atoms with van der Waals surface area (Å²) in [5.41, 5.74) is 8.43. The molecule has 0 unspecified atom stereocenters. The van der Waals surface area contributed by atoms with Gasteiger partial charge in [-0.2, -0.15) is 5.10 Å². The largest absolute Gasteiger partial charge is 0.383 e. The molecule has 2 N–H and O–H groups in total. The molecule has 1 heterocycles. The van der Waals surface area contributed by atoms with Crippen molar-refractivity contribution in [1.82, 2.24) is 9.78 Å². The Morgan fingerprint density at radius 1 is 1.35 bits per heavy atom. The molecule has 1 aromatic carbocycles. The van der Waals surface area contributed by atoms with Crippen LogP contribution < -0.4 is 5.73 Å². The summed E-state index contributed by atoms with van der Waals surface area (Å²) in [5.74, 6) is 0.418. The topological polar surface area (TPSA) is 60.9 Å². The predicted octanol–water partition coefficient (Wildman–Crippen LogP) is 1.74. The fourth-order valence-electron chi connectivity index (χ4n) is 1.65. The first-order valence-electron chi connectivity index (χ1n) is 5.44. The third-order valence-corrected chi connectivity index (χ3v) is 2.77. The van der Waals surface area contributed by atoms with Crippen molar-refractivity contribution in [2.24, 2.45) is 7.05 Å². The molecule has 0 amide bonds. The van der Waals surface area contributed by atoms with Crippen molar-refractivity contribution in [3.05, 3.63) is 47.2 Å². The molecule has 0 bridgehead atoms. The van der Waals surface area contributed by atoms with E-state index in [1.165, 1.54) is 16.4 Å². The van der Waals surface area contributed by atoms with Crippen LogP contribution in [0.5, 0.6) is 0 Å². The van der Waals surface area contributed by atoms with E-state index < -0.39 is 0 Å². The summed E-state index contributed by atoms with van der Waals surface area (Å²) in [7, 11) is 1.72. The van der Waals surface area contributed by atoms with Crippen LogP contribution in [0.2, 0.25) is 0 Å². The minimum absolute atomic E-state index is 0.000506. The molecule has 0 aliphatic heterocycles. The van der Waals surface area contributed by atoms with E-state index in [1.807, 2.05) is 31.2 Å². The van der Waals surface area contributed by atoms with Crippen molar-refractivity contribution in [3.63, 3.8) is 0 Å². The van der Waals surface area contributed by atoms with Gasteiger partial charge in [-0.05, 0) is 12.5 Å². The Kier molecular flexibility index (Phi) is 2.95. The van der Waals surface area contributed by atoms with Gasteiger partial charge in [0.1, 0.15) is 5.82 Å². The molecule has 4 heteroatoms. The first-order chi connectivity index (χ1) is 8.08. The molecular weight excluding hydrogens is 214 g/mol. The molecule has 1 aromatic heterocycles. The molecule has 0 fully saturated rings. The van der Waals surface area contributed by atoms with Crippen LogP contribution in [0.1, 0.15) is 21.5 Å². The zero-order chi connectivity index (χ0) is 12.4. The van der Waals surface area contributed by atoms with E-state index in [4.69, 9.17) is 5.73 Å². The summed E-state index contributed by atoms with van der Waals surface area (Å²) in [4.78, 5) is 12.0. The maximum atomic E-state index is 12.0. The highest BCUT2D eigenvalue weighted by molar-refractivity contribution is 6.01. The Balaban J connectivity index is 2.17. The number of nitrogens with two attached hydrogens (primary N) is 1. The highest BCUT2D eigenvalue weighted by atomic mass is 16.1. The number of aromatic nitrogens is 2. The van der Waals surface area contributed by atoms with E-state index >= 15 is 0 Å². The smallest absolute Gasteiger partial charge is 0.172 e. The van der Waals surface area contributed by atoms with Crippen LogP contribution in [0.15, 0.2) is 30.5 Å². The Morgan fingerprint density at radius 2 is 2.00 bits per heavy atom. The quantitative estimate of drug-likeness (QED) is 0.815. The fourth-order valence-corrected chi connectivity index (χ4v) is 1.65. The molecule has 0 atom stereocenters. The number of ketones is 1. The minimum atomic E-state index is -0.000506. The number of hydrogen-bond donors (Lipinski definition) is 1. The molecule has 0 aliphatic rings. The second kappa shape index (κ2) is 4.41. The van der Waals surface area contributed by atoms with Gasteiger partial charge in [-0.3, -0.25) is 9.48 Å². The highest BCUT2D eigenvalue weighted by Gasteiger charge is 2.13. The van der Waals surface area contributed by atoms with Crippen LogP contribution in [0, 0.1) is 6.92 Å². The Morgan fingerprint density at radius 3 is 2.53 bits per heavy atom. The Labute approximate surface area is 100 Å². The summed E-state index contributed by atoms with van der Waals surface area (Å²) in [6.45, 7) is 2.02. The number of Topliss-reactive ketones (excluding diaryl/α,β-unsaturated/α-hetero) is 1. The fraction of sp³-hybridized carbons (Fsp3) is 0.231. The summed E-state index contributed by atoms with van der Waals surface area (Å²) in [5, 5.41) is 3.96. The normalized spacial score (nSPS) is 10.5. The second-order valence-electron chi connectivity index (χ2n) is 4.15. The summed E-state index contributed by atoms with van der Waals surface area (Å²) in [6.07, 6.45) is 1.88. The summed E-state index contributed by atoms with van der Waals surface area (Å²) in [6, 6.07) is 7.91. The lowest BCUT2D eigenvalue weighted by Crippen LogP contribution is -2.07. The summed E-state index contributed by atoms with van der Waals surface area (Å²) < 4.78 is 1.50. The van der Waals surface area contributed by atoms with Crippen molar-refractivity contribution in [2.45, 2.75) is 13.3 Å². The van der Waals surface area contributed by atoms with E-state index in [-0.39, 0.29) is 5.78 Å². The van der Waals surface area contributed by atoms with Gasteiger partial charge in [0.05, 0.1) is 11.8 Å². The van der Waals surface area contributed by atoms with E-state index in [9.17, 15) is 4.79 Å². The summed E-state index contributed by atoms with van der Waals surface area (Å²) >= 11 is 0. The Hall–Kier alpha value is -2.10. The Bertz CT molecular complexity index is 540. The molecule has 0 spiro atoms. The lowest BCUT2D eigenvalue weighted by atomic mass is 10.0. The minimum Gasteiger partial charge on any atom is -0.383 e. The number of aryl methyl sites for hydroxylation is 2. The molecule has 0 saturated heterocycles.